The average molecular weight is 426 g/mol. The maximum Gasteiger partial charge on any atom is 0.210 e. The van der Waals surface area contributed by atoms with Crippen molar-refractivity contribution in [3.63, 3.8) is 0 Å². The molecule has 2 aliphatic carbocycles. The van der Waals surface area contributed by atoms with Crippen LogP contribution in [0.2, 0.25) is 0 Å². The van der Waals surface area contributed by atoms with Crippen LogP contribution >= 0.6 is 31.9 Å². The molecule has 0 spiro atoms. The molecule has 21 heavy (non-hydrogen) atoms. The standard InChI is InChI=1S/C14H18Br2O5/c1-4-5-11(18)10(17)12(15)8-6-21-7-9(8)13(11,16)14(12,19-2)20-3/h4,8-9,18H,1,5-7H2,2-3H3/t8-,9+,11-,12-,13+/m1/s1. The molecule has 5 atom stereocenters. The van der Waals surface area contributed by atoms with E-state index in [1.165, 1.54) is 14.2 Å². The van der Waals surface area contributed by atoms with Crippen molar-refractivity contribution in [2.24, 2.45) is 11.8 Å². The number of hydrogen-bond acceptors (Lipinski definition) is 5. The minimum Gasteiger partial charge on any atom is -0.381 e. The monoisotopic (exact) mass is 424 g/mol. The van der Waals surface area contributed by atoms with E-state index < -0.39 is 20.0 Å². The quantitative estimate of drug-likeness (QED) is 0.419. The van der Waals surface area contributed by atoms with Crippen LogP contribution in [-0.2, 0) is 19.0 Å². The number of aliphatic hydroxyl groups is 1. The molecule has 0 aromatic carbocycles. The fourth-order valence-corrected chi connectivity index (χ4v) is 7.69. The molecule has 3 rings (SSSR count). The highest BCUT2D eigenvalue weighted by Crippen LogP contribution is 2.74. The zero-order valence-electron chi connectivity index (χ0n) is 11.9. The Balaban J connectivity index is 2.31. The predicted molar refractivity (Wildman–Crippen MR) is 82.6 cm³/mol. The molecule has 0 aromatic heterocycles. The first kappa shape index (κ1) is 16.1. The summed E-state index contributed by atoms with van der Waals surface area (Å²) in [5.74, 6) is -1.90. The van der Waals surface area contributed by atoms with Crippen LogP contribution in [0.4, 0.5) is 0 Å². The number of ketones is 1. The molecule has 1 N–H and O–H groups in total. The smallest absolute Gasteiger partial charge is 0.210 e. The zero-order chi connectivity index (χ0) is 15.7. The average Bonchev–Trinajstić information content (AvgIpc) is 3.04. The topological polar surface area (TPSA) is 65.0 Å². The Morgan fingerprint density at radius 1 is 1.38 bits per heavy atom. The highest BCUT2D eigenvalue weighted by atomic mass is 79.9. The minimum atomic E-state index is -1.67. The first-order chi connectivity index (χ1) is 9.81. The van der Waals surface area contributed by atoms with E-state index in [1.54, 1.807) is 6.08 Å². The molecule has 7 heteroatoms. The third kappa shape index (κ3) is 1.32. The number of carbonyl (C=O) groups excluding carboxylic acids is 1. The molecule has 0 radical (unpaired) electrons. The Morgan fingerprint density at radius 2 is 1.95 bits per heavy atom. The third-order valence-electron chi connectivity index (χ3n) is 5.38. The van der Waals surface area contributed by atoms with E-state index in [9.17, 15) is 9.90 Å². The first-order valence-electron chi connectivity index (χ1n) is 6.76. The van der Waals surface area contributed by atoms with Crippen molar-refractivity contribution in [2.45, 2.75) is 26.5 Å². The lowest BCUT2D eigenvalue weighted by Gasteiger charge is -2.45. The van der Waals surface area contributed by atoms with Crippen molar-refractivity contribution in [2.75, 3.05) is 27.4 Å². The Kier molecular flexibility index (Phi) is 3.53. The fraction of sp³-hybridized carbons (Fsp3) is 0.786. The van der Waals surface area contributed by atoms with Gasteiger partial charge in [0.05, 0.1) is 13.2 Å². The molecule has 0 aromatic rings. The molecule has 1 saturated heterocycles. The molecule has 3 fully saturated rings. The van der Waals surface area contributed by atoms with Gasteiger partial charge < -0.3 is 19.3 Å². The van der Waals surface area contributed by atoms with Gasteiger partial charge in [-0.15, -0.1) is 6.58 Å². The van der Waals surface area contributed by atoms with Gasteiger partial charge in [-0.25, -0.2) is 0 Å². The van der Waals surface area contributed by atoms with Crippen LogP contribution in [0, 0.1) is 11.8 Å². The molecule has 2 bridgehead atoms. The van der Waals surface area contributed by atoms with Gasteiger partial charge in [0.1, 0.15) is 14.2 Å². The van der Waals surface area contributed by atoms with Gasteiger partial charge in [0.15, 0.2) is 5.78 Å². The number of methoxy groups -OCH3 is 2. The number of Topliss-reactive ketones (excluding diaryl/α,β-unsaturated/α-hetero) is 1. The van der Waals surface area contributed by atoms with Gasteiger partial charge in [-0.2, -0.15) is 0 Å². The van der Waals surface area contributed by atoms with Gasteiger partial charge in [-0.3, -0.25) is 4.79 Å². The summed E-state index contributed by atoms with van der Waals surface area (Å²) in [5, 5.41) is 11.2. The lowest BCUT2D eigenvalue weighted by molar-refractivity contribution is -0.231. The Bertz CT molecular complexity index is 508. The van der Waals surface area contributed by atoms with Gasteiger partial charge in [-0.1, -0.05) is 37.9 Å². The summed E-state index contributed by atoms with van der Waals surface area (Å²) in [6.07, 6.45) is 1.65. The molecule has 0 unspecified atom stereocenters. The second-order valence-electron chi connectivity index (χ2n) is 5.88. The summed E-state index contributed by atoms with van der Waals surface area (Å²) in [6, 6.07) is 0. The highest BCUT2D eigenvalue weighted by Gasteiger charge is 2.93. The number of rotatable bonds is 4. The van der Waals surface area contributed by atoms with Crippen molar-refractivity contribution in [3.05, 3.63) is 12.7 Å². The summed E-state index contributed by atoms with van der Waals surface area (Å²) < 4.78 is 14.7. The minimum absolute atomic E-state index is 0.112. The van der Waals surface area contributed by atoms with Crippen molar-refractivity contribution in [3.8, 4) is 0 Å². The van der Waals surface area contributed by atoms with Gasteiger partial charge in [-0.05, 0) is 0 Å². The molecule has 2 saturated carbocycles. The predicted octanol–water partition coefficient (Wildman–Crippen LogP) is 1.41. The number of halogens is 2. The number of ether oxygens (including phenoxy) is 3. The van der Waals surface area contributed by atoms with Gasteiger partial charge in [0.2, 0.25) is 5.79 Å². The number of alkyl halides is 2. The van der Waals surface area contributed by atoms with E-state index >= 15 is 0 Å². The van der Waals surface area contributed by atoms with Crippen LogP contribution in [0.25, 0.3) is 0 Å². The Hall–Kier alpha value is 0.210. The molecule has 3 aliphatic rings. The lowest BCUT2D eigenvalue weighted by atomic mass is 9.70. The molecule has 5 nitrogen and oxygen atoms in total. The molecular formula is C14H18Br2O5. The van der Waals surface area contributed by atoms with Crippen LogP contribution in [0.3, 0.4) is 0 Å². The van der Waals surface area contributed by atoms with Crippen molar-refractivity contribution in [1.82, 2.24) is 0 Å². The summed E-state index contributed by atoms with van der Waals surface area (Å²) in [6.45, 7) is 4.52. The molecule has 1 aliphatic heterocycles. The largest absolute Gasteiger partial charge is 0.381 e. The summed E-state index contributed by atoms with van der Waals surface area (Å²) >= 11 is 7.24. The SMILES string of the molecule is C=CC[C@@]1(O)C(=O)[C@]2(Br)[C@@H]3COC[C@@H]3[C@@]1(Br)C2(OC)OC. The number of carbonyl (C=O) groups is 1. The second kappa shape index (κ2) is 4.61. The summed E-state index contributed by atoms with van der Waals surface area (Å²) in [5.41, 5.74) is -1.67. The van der Waals surface area contributed by atoms with Crippen LogP contribution < -0.4 is 0 Å². The number of hydrogen-bond donors (Lipinski definition) is 1. The maximum absolute atomic E-state index is 13.1. The fourth-order valence-electron chi connectivity index (χ4n) is 4.58. The Morgan fingerprint density at radius 3 is 2.48 bits per heavy atom. The van der Waals surface area contributed by atoms with Crippen molar-refractivity contribution in [1.29, 1.82) is 0 Å². The van der Waals surface area contributed by atoms with Crippen LogP contribution in [0.1, 0.15) is 6.42 Å². The molecule has 1 heterocycles. The van der Waals surface area contributed by atoms with Crippen molar-refractivity contribution >= 4 is 37.6 Å². The van der Waals surface area contributed by atoms with Gasteiger partial charge >= 0.3 is 0 Å². The third-order valence-corrected chi connectivity index (χ3v) is 8.62. The maximum atomic E-state index is 13.1. The lowest BCUT2D eigenvalue weighted by Crippen LogP contribution is -2.63. The van der Waals surface area contributed by atoms with Crippen molar-refractivity contribution < 1.29 is 24.1 Å². The first-order valence-corrected chi connectivity index (χ1v) is 8.34. The zero-order valence-corrected chi connectivity index (χ0v) is 15.1. The van der Waals surface area contributed by atoms with E-state index in [-0.39, 0.29) is 24.0 Å². The van der Waals surface area contributed by atoms with Gasteiger partial charge in [0, 0.05) is 32.5 Å². The van der Waals surface area contributed by atoms with E-state index in [2.05, 4.69) is 38.4 Å². The molecule has 118 valence electrons. The Labute approximate surface area is 140 Å². The molecular weight excluding hydrogens is 408 g/mol. The van der Waals surface area contributed by atoms with E-state index in [0.29, 0.717) is 13.2 Å². The summed E-state index contributed by atoms with van der Waals surface area (Å²) in [4.78, 5) is 13.1. The summed E-state index contributed by atoms with van der Waals surface area (Å²) in [7, 11) is 2.98. The number of fused-ring (bicyclic) bond motifs is 5. The van der Waals surface area contributed by atoms with E-state index in [1.807, 2.05) is 0 Å². The highest BCUT2D eigenvalue weighted by molar-refractivity contribution is 9.11. The van der Waals surface area contributed by atoms with E-state index in [4.69, 9.17) is 14.2 Å². The van der Waals surface area contributed by atoms with E-state index in [0.717, 1.165) is 0 Å². The normalized spacial score (nSPS) is 50.4. The second-order valence-corrected chi connectivity index (χ2v) is 8.38. The molecule has 0 amide bonds. The van der Waals surface area contributed by atoms with Crippen LogP contribution in [0.5, 0.6) is 0 Å². The van der Waals surface area contributed by atoms with Crippen LogP contribution in [-0.4, -0.2) is 58.4 Å². The van der Waals surface area contributed by atoms with Gasteiger partial charge in [0.25, 0.3) is 0 Å². The van der Waals surface area contributed by atoms with Crippen LogP contribution in [0.15, 0.2) is 12.7 Å².